The smallest absolute Gasteiger partial charge is 0.382 e. The first-order valence-corrected chi connectivity index (χ1v) is 6.36. The summed E-state index contributed by atoms with van der Waals surface area (Å²) in [6, 6.07) is 4.26. The highest BCUT2D eigenvalue weighted by Crippen LogP contribution is 2.19. The minimum Gasteiger partial charge on any atom is -0.382 e. The number of nitrogens with zero attached hydrogens (tertiary/aromatic N) is 3. The Morgan fingerprint density at radius 3 is 2.70 bits per heavy atom. The van der Waals surface area contributed by atoms with Gasteiger partial charge in [0.1, 0.15) is 6.61 Å². The van der Waals surface area contributed by atoms with Crippen molar-refractivity contribution < 1.29 is 22.8 Å². The number of hydrogen-bond donors (Lipinski definition) is 2. The van der Waals surface area contributed by atoms with Gasteiger partial charge in [-0.25, -0.2) is 11.0 Å². The number of hydrogen-bond acceptors (Lipinski definition) is 6. The number of amidine groups is 1. The number of hydrazone groups is 1. The first kappa shape index (κ1) is 18.6. The van der Waals surface area contributed by atoms with Crippen molar-refractivity contribution in [2.24, 2.45) is 16.7 Å². The summed E-state index contributed by atoms with van der Waals surface area (Å²) in [5.41, 5.74) is 6.27. The average Bonchev–Trinajstić information content (AvgIpc) is 2.42. The third-order valence-electron chi connectivity index (χ3n) is 2.67. The number of benzene rings is 1. The summed E-state index contributed by atoms with van der Waals surface area (Å²) >= 11 is 0. The second-order valence-electron chi connectivity index (χ2n) is 4.57. The lowest BCUT2D eigenvalue weighted by Gasteiger charge is -2.14. The van der Waals surface area contributed by atoms with E-state index in [0.29, 0.717) is 5.56 Å². The van der Waals surface area contributed by atoms with E-state index in [2.05, 4.69) is 9.84 Å². The first-order chi connectivity index (χ1) is 10.6. The van der Waals surface area contributed by atoms with Crippen LogP contribution in [-0.4, -0.2) is 41.8 Å². The van der Waals surface area contributed by atoms with Crippen LogP contribution in [0.3, 0.4) is 0 Å². The van der Waals surface area contributed by atoms with E-state index in [1.165, 1.54) is 18.2 Å². The number of nitro benzene ring substituents is 1. The summed E-state index contributed by atoms with van der Waals surface area (Å²) in [4.78, 5) is 10.3. The molecule has 0 aliphatic heterocycles. The van der Waals surface area contributed by atoms with Gasteiger partial charge in [-0.2, -0.15) is 13.2 Å². The summed E-state index contributed by atoms with van der Waals surface area (Å²) < 4.78 is 40.0. The van der Waals surface area contributed by atoms with E-state index in [1.54, 1.807) is 6.92 Å². The van der Waals surface area contributed by atoms with Crippen LogP contribution in [0.4, 0.5) is 18.9 Å². The van der Waals surface area contributed by atoms with Gasteiger partial charge in [-0.15, -0.1) is 5.10 Å². The van der Waals surface area contributed by atoms with Crippen molar-refractivity contribution in [1.29, 1.82) is 0 Å². The van der Waals surface area contributed by atoms with Crippen molar-refractivity contribution in [2.75, 3.05) is 19.8 Å². The zero-order valence-corrected chi connectivity index (χ0v) is 12.2. The number of alkyl halides is 3. The van der Waals surface area contributed by atoms with Gasteiger partial charge in [0, 0.05) is 17.2 Å². The topological polar surface area (TPSA) is 120 Å². The quantitative estimate of drug-likeness (QED) is 0.193. The Kier molecular flexibility index (Phi) is 6.28. The lowest BCUT2D eigenvalue weighted by Crippen LogP contribution is -2.33. The summed E-state index contributed by atoms with van der Waals surface area (Å²) in [7, 11) is 0. The third-order valence-corrected chi connectivity index (χ3v) is 2.67. The minimum atomic E-state index is -4.41. The maximum atomic E-state index is 11.9. The Balaban J connectivity index is 2.65. The van der Waals surface area contributed by atoms with Crippen molar-refractivity contribution in [3.63, 3.8) is 0 Å². The van der Waals surface area contributed by atoms with Gasteiger partial charge in [0.05, 0.1) is 18.1 Å². The molecule has 0 atom stereocenters. The van der Waals surface area contributed by atoms with E-state index in [0.717, 1.165) is 5.12 Å². The molecule has 4 N–H and O–H groups in total. The standard InChI is InChI=1S/C12H16F3N5O3/c1-8-2-3-9(6-10(8)20(21)22)11(16)18-19(17)4-5-23-7-12(13,14)15/h2-3,6H,4-5,7,17H2,1H3,(H2,16,18). The molecule has 1 rings (SSSR count). The van der Waals surface area contributed by atoms with E-state index in [-0.39, 0.29) is 30.2 Å². The van der Waals surface area contributed by atoms with Gasteiger partial charge in [0.15, 0.2) is 5.84 Å². The predicted octanol–water partition coefficient (Wildman–Crippen LogP) is 1.28. The fourth-order valence-corrected chi connectivity index (χ4v) is 1.56. The predicted molar refractivity (Wildman–Crippen MR) is 76.3 cm³/mol. The maximum Gasteiger partial charge on any atom is 0.411 e. The lowest BCUT2D eigenvalue weighted by atomic mass is 10.1. The zero-order valence-electron chi connectivity index (χ0n) is 12.2. The van der Waals surface area contributed by atoms with Crippen LogP contribution in [0.2, 0.25) is 0 Å². The van der Waals surface area contributed by atoms with Crippen LogP contribution in [0.5, 0.6) is 0 Å². The molecule has 0 amide bonds. The van der Waals surface area contributed by atoms with Crippen LogP contribution < -0.4 is 11.6 Å². The van der Waals surface area contributed by atoms with E-state index in [9.17, 15) is 23.3 Å². The van der Waals surface area contributed by atoms with E-state index < -0.39 is 17.7 Å². The van der Waals surface area contributed by atoms with Gasteiger partial charge in [0.25, 0.3) is 5.69 Å². The van der Waals surface area contributed by atoms with Gasteiger partial charge in [-0.3, -0.25) is 10.1 Å². The number of ether oxygens (including phenoxy) is 1. The fourth-order valence-electron chi connectivity index (χ4n) is 1.56. The molecule has 0 fully saturated rings. The van der Waals surface area contributed by atoms with Crippen LogP contribution in [0.15, 0.2) is 23.3 Å². The SMILES string of the molecule is Cc1ccc(/C(N)=N/N(N)CCOCC(F)(F)F)cc1[N+](=O)[O-]. The summed E-state index contributed by atoms with van der Waals surface area (Å²) in [6.45, 7) is -0.252. The van der Waals surface area contributed by atoms with E-state index >= 15 is 0 Å². The fraction of sp³-hybridized carbons (Fsp3) is 0.417. The molecule has 23 heavy (non-hydrogen) atoms. The Hall–Kier alpha value is -2.40. The number of aryl methyl sites for hydroxylation is 1. The van der Waals surface area contributed by atoms with Gasteiger partial charge >= 0.3 is 6.18 Å². The Morgan fingerprint density at radius 2 is 2.13 bits per heavy atom. The highest BCUT2D eigenvalue weighted by atomic mass is 19.4. The monoisotopic (exact) mass is 335 g/mol. The average molecular weight is 335 g/mol. The largest absolute Gasteiger partial charge is 0.411 e. The van der Waals surface area contributed by atoms with E-state index in [4.69, 9.17) is 11.6 Å². The van der Waals surface area contributed by atoms with Crippen LogP contribution in [-0.2, 0) is 4.74 Å². The molecule has 0 heterocycles. The van der Waals surface area contributed by atoms with Crippen molar-refractivity contribution in [2.45, 2.75) is 13.1 Å². The molecular weight excluding hydrogens is 319 g/mol. The second kappa shape index (κ2) is 7.74. The summed E-state index contributed by atoms with van der Waals surface area (Å²) in [6.07, 6.45) is -4.41. The molecular formula is C12H16F3N5O3. The zero-order chi connectivity index (χ0) is 17.6. The molecule has 0 spiro atoms. The Morgan fingerprint density at radius 1 is 1.48 bits per heavy atom. The molecule has 128 valence electrons. The van der Waals surface area contributed by atoms with Crippen molar-refractivity contribution in [1.82, 2.24) is 5.12 Å². The number of nitro groups is 1. The van der Waals surface area contributed by atoms with Crippen molar-refractivity contribution in [3.8, 4) is 0 Å². The van der Waals surface area contributed by atoms with Crippen LogP contribution in [0.1, 0.15) is 11.1 Å². The summed E-state index contributed by atoms with van der Waals surface area (Å²) in [5, 5.41) is 15.4. The van der Waals surface area contributed by atoms with Crippen LogP contribution >= 0.6 is 0 Å². The number of halogens is 3. The second-order valence-corrected chi connectivity index (χ2v) is 4.57. The Labute approximate surface area is 129 Å². The molecule has 0 aliphatic carbocycles. The molecule has 11 heteroatoms. The molecule has 1 aromatic rings. The molecule has 0 aliphatic rings. The number of nitrogens with two attached hydrogens (primary N) is 2. The van der Waals surface area contributed by atoms with Gasteiger partial charge in [-0.05, 0) is 6.92 Å². The number of hydrazine groups is 1. The first-order valence-electron chi connectivity index (χ1n) is 6.36. The molecule has 0 radical (unpaired) electrons. The highest BCUT2D eigenvalue weighted by Gasteiger charge is 2.27. The summed E-state index contributed by atoms with van der Waals surface area (Å²) in [5.74, 6) is 5.36. The Bertz CT molecular complexity index is 592. The third kappa shape index (κ3) is 6.48. The molecule has 0 bridgehead atoms. The molecule has 1 aromatic carbocycles. The highest BCUT2D eigenvalue weighted by molar-refractivity contribution is 5.97. The molecule has 0 saturated carbocycles. The minimum absolute atomic E-state index is 0.105. The van der Waals surface area contributed by atoms with Gasteiger partial charge in [-0.1, -0.05) is 12.1 Å². The molecule has 8 nitrogen and oxygen atoms in total. The van der Waals surface area contributed by atoms with Crippen LogP contribution in [0.25, 0.3) is 0 Å². The van der Waals surface area contributed by atoms with Gasteiger partial charge in [0.2, 0.25) is 0 Å². The molecule has 0 unspecified atom stereocenters. The molecule has 0 saturated heterocycles. The lowest BCUT2D eigenvalue weighted by molar-refractivity contribution is -0.385. The van der Waals surface area contributed by atoms with Gasteiger partial charge < -0.3 is 10.5 Å². The van der Waals surface area contributed by atoms with Crippen molar-refractivity contribution >= 4 is 11.5 Å². The van der Waals surface area contributed by atoms with E-state index in [1.807, 2.05) is 0 Å². The van der Waals surface area contributed by atoms with Crippen LogP contribution in [0, 0.1) is 17.0 Å². The maximum absolute atomic E-state index is 11.9. The van der Waals surface area contributed by atoms with Crippen molar-refractivity contribution in [3.05, 3.63) is 39.4 Å². The normalized spacial score (nSPS) is 12.3. The number of rotatable bonds is 7. The molecule has 0 aromatic heterocycles.